The Morgan fingerprint density at radius 1 is 1.33 bits per heavy atom. The molecule has 2 N–H and O–H groups in total. The molecule has 0 amide bonds. The van der Waals surface area contributed by atoms with Crippen LogP contribution in [-0.4, -0.2) is 38.6 Å². The first-order chi connectivity index (χ1) is 8.56. The SMILES string of the molecule is CN(C)CC1CCN(c2ccc(N)cc2Br)CC1. The average Bonchev–Trinajstić information content (AvgIpc) is 2.30. The van der Waals surface area contributed by atoms with Crippen LogP contribution in [0.1, 0.15) is 12.8 Å². The van der Waals surface area contributed by atoms with E-state index in [4.69, 9.17) is 5.73 Å². The van der Waals surface area contributed by atoms with Gasteiger partial charge in [0.25, 0.3) is 0 Å². The van der Waals surface area contributed by atoms with Gasteiger partial charge in [0.2, 0.25) is 0 Å². The Balaban J connectivity index is 1.97. The van der Waals surface area contributed by atoms with Gasteiger partial charge in [0, 0.05) is 29.8 Å². The molecule has 0 saturated carbocycles. The average molecular weight is 312 g/mol. The van der Waals surface area contributed by atoms with Gasteiger partial charge >= 0.3 is 0 Å². The van der Waals surface area contributed by atoms with Gasteiger partial charge in [-0.3, -0.25) is 0 Å². The highest BCUT2D eigenvalue weighted by molar-refractivity contribution is 9.10. The van der Waals surface area contributed by atoms with Gasteiger partial charge < -0.3 is 15.5 Å². The van der Waals surface area contributed by atoms with Gasteiger partial charge in [-0.1, -0.05) is 0 Å². The van der Waals surface area contributed by atoms with E-state index in [-0.39, 0.29) is 0 Å². The number of nitrogens with two attached hydrogens (primary N) is 1. The van der Waals surface area contributed by atoms with Crippen molar-refractivity contribution in [3.63, 3.8) is 0 Å². The number of piperidine rings is 1. The van der Waals surface area contributed by atoms with Crippen LogP contribution in [0.3, 0.4) is 0 Å². The van der Waals surface area contributed by atoms with Crippen LogP contribution in [0.25, 0.3) is 0 Å². The van der Waals surface area contributed by atoms with Crippen LogP contribution >= 0.6 is 15.9 Å². The molecule has 1 aliphatic rings. The summed E-state index contributed by atoms with van der Waals surface area (Å²) in [5.41, 5.74) is 7.86. The van der Waals surface area contributed by atoms with Crippen LogP contribution < -0.4 is 10.6 Å². The molecule has 1 aromatic carbocycles. The summed E-state index contributed by atoms with van der Waals surface area (Å²) in [6, 6.07) is 6.08. The molecule has 4 heteroatoms. The van der Waals surface area contributed by atoms with E-state index in [0.717, 1.165) is 29.2 Å². The predicted molar refractivity (Wildman–Crippen MR) is 82.0 cm³/mol. The molecule has 0 aliphatic carbocycles. The molecule has 0 radical (unpaired) electrons. The third-order valence-corrected chi connectivity index (χ3v) is 4.19. The molecule has 100 valence electrons. The Kier molecular flexibility index (Phi) is 4.51. The fourth-order valence-electron chi connectivity index (χ4n) is 2.65. The summed E-state index contributed by atoms with van der Waals surface area (Å²) in [6.45, 7) is 3.48. The Morgan fingerprint density at radius 2 is 2.00 bits per heavy atom. The molecule has 1 fully saturated rings. The molecule has 2 rings (SSSR count). The van der Waals surface area contributed by atoms with Crippen molar-refractivity contribution >= 4 is 27.3 Å². The Morgan fingerprint density at radius 3 is 2.56 bits per heavy atom. The van der Waals surface area contributed by atoms with Gasteiger partial charge in [-0.15, -0.1) is 0 Å². The lowest BCUT2D eigenvalue weighted by Crippen LogP contribution is -2.37. The van der Waals surface area contributed by atoms with Crippen molar-refractivity contribution in [2.24, 2.45) is 5.92 Å². The van der Waals surface area contributed by atoms with E-state index in [1.165, 1.54) is 25.1 Å². The van der Waals surface area contributed by atoms with Gasteiger partial charge in [-0.2, -0.15) is 0 Å². The van der Waals surface area contributed by atoms with Crippen molar-refractivity contribution in [1.82, 2.24) is 4.90 Å². The molecule has 0 spiro atoms. The fourth-order valence-corrected chi connectivity index (χ4v) is 3.30. The quantitative estimate of drug-likeness (QED) is 0.871. The summed E-state index contributed by atoms with van der Waals surface area (Å²) in [7, 11) is 4.31. The number of hydrogen-bond acceptors (Lipinski definition) is 3. The van der Waals surface area contributed by atoms with E-state index < -0.39 is 0 Å². The molecule has 1 heterocycles. The lowest BCUT2D eigenvalue weighted by atomic mass is 9.96. The third kappa shape index (κ3) is 3.39. The Bertz CT molecular complexity index is 398. The Labute approximate surface area is 118 Å². The van der Waals surface area contributed by atoms with E-state index >= 15 is 0 Å². The van der Waals surface area contributed by atoms with Crippen molar-refractivity contribution in [2.45, 2.75) is 12.8 Å². The minimum absolute atomic E-state index is 0.813. The number of anilines is 2. The first-order valence-corrected chi connectivity index (χ1v) is 7.30. The van der Waals surface area contributed by atoms with Gasteiger partial charge in [-0.25, -0.2) is 0 Å². The molecular formula is C14H22BrN3. The molecule has 1 aromatic rings. The van der Waals surface area contributed by atoms with Crippen LogP contribution in [0, 0.1) is 5.92 Å². The zero-order valence-corrected chi connectivity index (χ0v) is 12.8. The van der Waals surface area contributed by atoms with Crippen molar-refractivity contribution in [3.8, 4) is 0 Å². The van der Waals surface area contributed by atoms with Crippen LogP contribution in [0.2, 0.25) is 0 Å². The van der Waals surface area contributed by atoms with Crippen molar-refractivity contribution in [2.75, 3.05) is 44.4 Å². The maximum absolute atomic E-state index is 5.78. The molecule has 0 unspecified atom stereocenters. The zero-order chi connectivity index (χ0) is 13.1. The normalized spacial score (nSPS) is 17.4. The lowest BCUT2D eigenvalue weighted by molar-refractivity contribution is 0.285. The first kappa shape index (κ1) is 13.7. The largest absolute Gasteiger partial charge is 0.399 e. The molecule has 18 heavy (non-hydrogen) atoms. The number of nitrogens with zero attached hydrogens (tertiary/aromatic N) is 2. The van der Waals surface area contributed by atoms with E-state index in [2.05, 4.69) is 45.9 Å². The number of benzene rings is 1. The molecular weight excluding hydrogens is 290 g/mol. The first-order valence-electron chi connectivity index (χ1n) is 6.51. The maximum Gasteiger partial charge on any atom is 0.0512 e. The second-order valence-corrected chi connectivity index (χ2v) is 6.26. The van der Waals surface area contributed by atoms with Gasteiger partial charge in [-0.05, 0) is 67.0 Å². The van der Waals surface area contributed by atoms with E-state index in [9.17, 15) is 0 Å². The summed E-state index contributed by atoms with van der Waals surface area (Å²) < 4.78 is 1.11. The smallest absolute Gasteiger partial charge is 0.0512 e. The predicted octanol–water partition coefficient (Wildman–Crippen LogP) is 2.81. The standard InChI is InChI=1S/C14H22BrN3/c1-17(2)10-11-5-7-18(8-6-11)14-4-3-12(16)9-13(14)15/h3-4,9,11H,5-8,10,16H2,1-2H3. The van der Waals surface area contributed by atoms with Gasteiger partial charge in [0.1, 0.15) is 0 Å². The monoisotopic (exact) mass is 311 g/mol. The van der Waals surface area contributed by atoms with Crippen LogP contribution in [0.5, 0.6) is 0 Å². The summed E-state index contributed by atoms with van der Waals surface area (Å²) >= 11 is 3.61. The minimum atomic E-state index is 0.813. The molecule has 0 atom stereocenters. The second-order valence-electron chi connectivity index (χ2n) is 5.40. The number of nitrogen functional groups attached to an aromatic ring is 1. The fraction of sp³-hybridized carbons (Fsp3) is 0.571. The summed E-state index contributed by atoms with van der Waals surface area (Å²) in [5.74, 6) is 0.837. The van der Waals surface area contributed by atoms with E-state index in [0.29, 0.717) is 0 Å². The highest BCUT2D eigenvalue weighted by atomic mass is 79.9. The number of halogens is 1. The lowest BCUT2D eigenvalue weighted by Gasteiger charge is -2.35. The topological polar surface area (TPSA) is 32.5 Å². The van der Waals surface area contributed by atoms with Gasteiger partial charge in [0.05, 0.1) is 5.69 Å². The van der Waals surface area contributed by atoms with Gasteiger partial charge in [0.15, 0.2) is 0 Å². The highest BCUT2D eigenvalue weighted by Gasteiger charge is 2.20. The molecule has 1 saturated heterocycles. The molecule has 0 bridgehead atoms. The van der Waals surface area contributed by atoms with Crippen molar-refractivity contribution in [1.29, 1.82) is 0 Å². The molecule has 0 aromatic heterocycles. The van der Waals surface area contributed by atoms with Crippen LogP contribution in [-0.2, 0) is 0 Å². The number of rotatable bonds is 3. The van der Waals surface area contributed by atoms with Crippen LogP contribution in [0.4, 0.5) is 11.4 Å². The zero-order valence-electron chi connectivity index (χ0n) is 11.2. The van der Waals surface area contributed by atoms with Crippen molar-refractivity contribution < 1.29 is 0 Å². The summed E-state index contributed by atoms with van der Waals surface area (Å²) in [5, 5.41) is 0. The molecule has 3 nitrogen and oxygen atoms in total. The number of hydrogen-bond donors (Lipinski definition) is 1. The summed E-state index contributed by atoms with van der Waals surface area (Å²) in [4.78, 5) is 4.75. The van der Waals surface area contributed by atoms with Crippen molar-refractivity contribution in [3.05, 3.63) is 22.7 Å². The van der Waals surface area contributed by atoms with E-state index in [1.54, 1.807) is 0 Å². The summed E-state index contributed by atoms with van der Waals surface area (Å²) in [6.07, 6.45) is 2.55. The maximum atomic E-state index is 5.78. The van der Waals surface area contributed by atoms with Crippen LogP contribution in [0.15, 0.2) is 22.7 Å². The highest BCUT2D eigenvalue weighted by Crippen LogP contribution is 2.31. The van der Waals surface area contributed by atoms with E-state index in [1.807, 2.05) is 12.1 Å². The molecule has 1 aliphatic heterocycles. The second kappa shape index (κ2) is 5.93. The third-order valence-electron chi connectivity index (χ3n) is 3.55. The Hall–Kier alpha value is -0.740. The minimum Gasteiger partial charge on any atom is -0.399 e.